The SMILES string of the molecule is CC(C)N1CCC[C@H](c2cccc(C(=O)O)c2)C1. The van der Waals surface area contributed by atoms with Gasteiger partial charge in [-0.25, -0.2) is 4.79 Å². The largest absolute Gasteiger partial charge is 0.478 e. The van der Waals surface area contributed by atoms with Gasteiger partial charge in [-0.3, -0.25) is 0 Å². The van der Waals surface area contributed by atoms with Crippen LogP contribution in [0.5, 0.6) is 0 Å². The van der Waals surface area contributed by atoms with Crippen LogP contribution in [0.4, 0.5) is 0 Å². The van der Waals surface area contributed by atoms with Gasteiger partial charge in [-0.1, -0.05) is 12.1 Å². The minimum Gasteiger partial charge on any atom is -0.478 e. The van der Waals surface area contributed by atoms with Crippen LogP contribution in [0, 0.1) is 0 Å². The fraction of sp³-hybridized carbons (Fsp3) is 0.533. The van der Waals surface area contributed by atoms with Crippen LogP contribution in [0.2, 0.25) is 0 Å². The first kappa shape index (κ1) is 13.1. The Hall–Kier alpha value is -1.35. The second-order valence-corrected chi connectivity index (χ2v) is 5.36. The standard InChI is InChI=1S/C15H21NO2/c1-11(2)16-8-4-7-14(10-16)12-5-3-6-13(9-12)15(17)18/h3,5-6,9,11,14H,4,7-8,10H2,1-2H3,(H,17,18)/t14-/m0/s1. The van der Waals surface area contributed by atoms with Crippen molar-refractivity contribution in [2.45, 2.75) is 38.6 Å². The van der Waals surface area contributed by atoms with Gasteiger partial charge in [0.15, 0.2) is 0 Å². The molecule has 0 saturated carbocycles. The third-order valence-corrected chi connectivity index (χ3v) is 3.79. The summed E-state index contributed by atoms with van der Waals surface area (Å²) >= 11 is 0. The molecule has 1 heterocycles. The maximum atomic E-state index is 11.0. The molecule has 2 rings (SSSR count). The number of likely N-dealkylation sites (tertiary alicyclic amines) is 1. The van der Waals surface area contributed by atoms with Crippen molar-refractivity contribution < 1.29 is 9.90 Å². The van der Waals surface area contributed by atoms with Crippen molar-refractivity contribution in [3.8, 4) is 0 Å². The summed E-state index contributed by atoms with van der Waals surface area (Å²) < 4.78 is 0. The summed E-state index contributed by atoms with van der Waals surface area (Å²) in [6.45, 7) is 6.64. The average Bonchev–Trinajstić information content (AvgIpc) is 2.39. The summed E-state index contributed by atoms with van der Waals surface area (Å²) in [5.41, 5.74) is 1.56. The van der Waals surface area contributed by atoms with Gasteiger partial charge in [0.2, 0.25) is 0 Å². The average molecular weight is 247 g/mol. The van der Waals surface area contributed by atoms with Crippen molar-refractivity contribution in [2.75, 3.05) is 13.1 Å². The van der Waals surface area contributed by atoms with Gasteiger partial charge in [0.1, 0.15) is 0 Å². The Kier molecular flexibility index (Phi) is 4.02. The van der Waals surface area contributed by atoms with Crippen LogP contribution in [-0.2, 0) is 0 Å². The number of hydrogen-bond acceptors (Lipinski definition) is 2. The van der Waals surface area contributed by atoms with Crippen LogP contribution in [0.15, 0.2) is 24.3 Å². The van der Waals surface area contributed by atoms with Crippen molar-refractivity contribution in [1.29, 1.82) is 0 Å². The Bertz CT molecular complexity index is 428. The highest BCUT2D eigenvalue weighted by molar-refractivity contribution is 5.87. The first-order chi connectivity index (χ1) is 8.58. The van der Waals surface area contributed by atoms with Crippen molar-refractivity contribution in [2.24, 2.45) is 0 Å². The number of aromatic carboxylic acids is 1. The van der Waals surface area contributed by atoms with Gasteiger partial charge in [-0.15, -0.1) is 0 Å². The molecule has 1 aliphatic rings. The monoisotopic (exact) mass is 247 g/mol. The van der Waals surface area contributed by atoms with E-state index in [1.807, 2.05) is 12.1 Å². The summed E-state index contributed by atoms with van der Waals surface area (Å²) in [5.74, 6) is -0.367. The zero-order valence-electron chi connectivity index (χ0n) is 11.1. The van der Waals surface area contributed by atoms with Gasteiger partial charge < -0.3 is 10.0 Å². The molecule has 1 aromatic carbocycles. The van der Waals surface area contributed by atoms with Crippen molar-refractivity contribution in [1.82, 2.24) is 4.90 Å². The van der Waals surface area contributed by atoms with Crippen molar-refractivity contribution in [3.05, 3.63) is 35.4 Å². The van der Waals surface area contributed by atoms with E-state index in [9.17, 15) is 4.79 Å². The second kappa shape index (κ2) is 5.53. The molecule has 1 N–H and O–H groups in total. The number of nitrogens with zero attached hydrogens (tertiary/aromatic N) is 1. The summed E-state index contributed by atoms with van der Waals surface area (Å²) in [5, 5.41) is 9.04. The van der Waals surface area contributed by atoms with Gasteiger partial charge in [0, 0.05) is 12.6 Å². The zero-order chi connectivity index (χ0) is 13.1. The molecule has 98 valence electrons. The lowest BCUT2D eigenvalue weighted by Gasteiger charge is -2.35. The van der Waals surface area contributed by atoms with Crippen LogP contribution in [0.1, 0.15) is 48.5 Å². The first-order valence-electron chi connectivity index (χ1n) is 6.65. The molecular weight excluding hydrogens is 226 g/mol. The number of carbonyl (C=O) groups is 1. The molecule has 0 bridgehead atoms. The maximum absolute atomic E-state index is 11.0. The Morgan fingerprint density at radius 3 is 2.89 bits per heavy atom. The molecule has 0 unspecified atom stereocenters. The number of rotatable bonds is 3. The second-order valence-electron chi connectivity index (χ2n) is 5.36. The van der Waals surface area contributed by atoms with Gasteiger partial charge >= 0.3 is 5.97 Å². The van der Waals surface area contributed by atoms with E-state index in [1.54, 1.807) is 6.07 Å². The molecule has 1 fully saturated rings. The summed E-state index contributed by atoms with van der Waals surface area (Å²) in [6, 6.07) is 7.97. The zero-order valence-corrected chi connectivity index (χ0v) is 11.1. The molecule has 0 radical (unpaired) electrons. The minimum atomic E-state index is -0.839. The van der Waals surface area contributed by atoms with E-state index < -0.39 is 5.97 Å². The lowest BCUT2D eigenvalue weighted by molar-refractivity contribution is 0.0696. The number of carboxylic acids is 1. The highest BCUT2D eigenvalue weighted by atomic mass is 16.4. The Balaban J connectivity index is 2.15. The van der Waals surface area contributed by atoms with E-state index in [1.165, 1.54) is 12.0 Å². The highest BCUT2D eigenvalue weighted by Crippen LogP contribution is 2.28. The quantitative estimate of drug-likeness (QED) is 0.892. The molecule has 18 heavy (non-hydrogen) atoms. The lowest BCUT2D eigenvalue weighted by atomic mass is 9.89. The van der Waals surface area contributed by atoms with E-state index in [2.05, 4.69) is 24.8 Å². The number of hydrogen-bond donors (Lipinski definition) is 1. The molecule has 1 aliphatic heterocycles. The Labute approximate surface area is 108 Å². The van der Waals surface area contributed by atoms with Crippen molar-refractivity contribution >= 4 is 5.97 Å². The van der Waals surface area contributed by atoms with Gasteiger partial charge in [-0.2, -0.15) is 0 Å². The van der Waals surface area contributed by atoms with E-state index in [0.29, 0.717) is 17.5 Å². The molecule has 0 aliphatic carbocycles. The highest BCUT2D eigenvalue weighted by Gasteiger charge is 2.23. The predicted molar refractivity (Wildman–Crippen MR) is 72.1 cm³/mol. The van der Waals surface area contributed by atoms with Crippen LogP contribution in [0.25, 0.3) is 0 Å². The van der Waals surface area contributed by atoms with Crippen LogP contribution >= 0.6 is 0 Å². The van der Waals surface area contributed by atoms with Crippen LogP contribution in [0.3, 0.4) is 0 Å². The molecule has 0 aromatic heterocycles. The number of benzene rings is 1. The maximum Gasteiger partial charge on any atom is 0.335 e. The van der Waals surface area contributed by atoms with Crippen molar-refractivity contribution in [3.63, 3.8) is 0 Å². The minimum absolute atomic E-state index is 0.397. The lowest BCUT2D eigenvalue weighted by Crippen LogP contribution is -2.39. The molecular formula is C15H21NO2. The third-order valence-electron chi connectivity index (χ3n) is 3.79. The van der Waals surface area contributed by atoms with E-state index >= 15 is 0 Å². The van der Waals surface area contributed by atoms with Gasteiger partial charge in [0.05, 0.1) is 5.56 Å². The van der Waals surface area contributed by atoms with Crippen LogP contribution < -0.4 is 0 Å². The predicted octanol–water partition coefficient (Wildman–Crippen LogP) is 2.97. The fourth-order valence-electron chi connectivity index (χ4n) is 2.67. The Morgan fingerprint density at radius 1 is 1.44 bits per heavy atom. The van der Waals surface area contributed by atoms with Gasteiger partial charge in [0.25, 0.3) is 0 Å². The smallest absolute Gasteiger partial charge is 0.335 e. The normalized spacial score (nSPS) is 21.2. The van der Waals surface area contributed by atoms with E-state index in [4.69, 9.17) is 5.11 Å². The third kappa shape index (κ3) is 2.91. The number of carboxylic acid groups (broad SMARTS) is 1. The molecule has 0 spiro atoms. The molecule has 1 atom stereocenters. The molecule has 3 nitrogen and oxygen atoms in total. The fourth-order valence-corrected chi connectivity index (χ4v) is 2.67. The summed E-state index contributed by atoms with van der Waals surface area (Å²) in [4.78, 5) is 13.5. The molecule has 3 heteroatoms. The molecule has 1 saturated heterocycles. The van der Waals surface area contributed by atoms with Gasteiger partial charge in [-0.05, 0) is 56.8 Å². The summed E-state index contributed by atoms with van der Waals surface area (Å²) in [6.07, 6.45) is 2.35. The van der Waals surface area contributed by atoms with E-state index in [-0.39, 0.29) is 0 Å². The first-order valence-corrected chi connectivity index (χ1v) is 6.65. The number of piperidine rings is 1. The molecule has 0 amide bonds. The topological polar surface area (TPSA) is 40.5 Å². The molecule has 1 aromatic rings. The van der Waals surface area contributed by atoms with E-state index in [0.717, 1.165) is 19.5 Å². The Morgan fingerprint density at radius 2 is 2.22 bits per heavy atom. The van der Waals surface area contributed by atoms with Crippen LogP contribution in [-0.4, -0.2) is 35.1 Å². The summed E-state index contributed by atoms with van der Waals surface area (Å²) in [7, 11) is 0.